The predicted octanol–water partition coefficient (Wildman–Crippen LogP) is 1.90. The van der Waals surface area contributed by atoms with Crippen molar-refractivity contribution in [3.63, 3.8) is 0 Å². The van der Waals surface area contributed by atoms with E-state index < -0.39 is 5.82 Å². The van der Waals surface area contributed by atoms with E-state index in [0.29, 0.717) is 5.92 Å². The van der Waals surface area contributed by atoms with Crippen LogP contribution in [0.1, 0.15) is 23.2 Å². The molecule has 98 valence electrons. The normalized spacial score (nSPS) is 16.9. The number of amides is 1. The second-order valence-corrected chi connectivity index (χ2v) is 4.77. The van der Waals surface area contributed by atoms with Crippen LogP contribution in [-0.4, -0.2) is 37.5 Å². The third kappa shape index (κ3) is 2.88. The Balaban J connectivity index is 1.98. The van der Waals surface area contributed by atoms with E-state index in [4.69, 9.17) is 0 Å². The molecule has 0 atom stereocenters. The highest BCUT2D eigenvalue weighted by atomic mass is 19.1. The number of nitrogens with zero attached hydrogens (tertiary/aromatic N) is 1. The fourth-order valence-corrected chi connectivity index (χ4v) is 2.43. The minimum atomic E-state index is -0.431. The molecule has 1 aromatic carbocycles. The Morgan fingerprint density at radius 3 is 2.67 bits per heavy atom. The molecule has 0 aromatic heterocycles. The first kappa shape index (κ1) is 13.0. The van der Waals surface area contributed by atoms with Gasteiger partial charge in [-0.3, -0.25) is 4.79 Å². The standard InChI is InChI=1S/C14H19FN2O/c1-16-10-11-6-8-17(9-7-11)14(18)12-4-2-3-5-13(12)15/h2-5,11,16H,6-10H2,1H3. The van der Waals surface area contributed by atoms with Crippen LogP contribution in [-0.2, 0) is 0 Å². The van der Waals surface area contributed by atoms with E-state index in [2.05, 4.69) is 5.32 Å². The third-order valence-electron chi connectivity index (χ3n) is 3.50. The molecule has 0 radical (unpaired) electrons. The lowest BCUT2D eigenvalue weighted by molar-refractivity contribution is 0.0686. The average molecular weight is 250 g/mol. The van der Waals surface area contributed by atoms with Crippen LogP contribution in [0.4, 0.5) is 4.39 Å². The second-order valence-electron chi connectivity index (χ2n) is 4.77. The number of likely N-dealkylation sites (tertiary alicyclic amines) is 1. The fourth-order valence-electron chi connectivity index (χ4n) is 2.43. The van der Waals surface area contributed by atoms with Gasteiger partial charge >= 0.3 is 0 Å². The van der Waals surface area contributed by atoms with E-state index in [-0.39, 0.29) is 11.5 Å². The molecule has 1 aliphatic rings. The highest BCUT2D eigenvalue weighted by Crippen LogP contribution is 2.19. The summed E-state index contributed by atoms with van der Waals surface area (Å²) in [4.78, 5) is 13.9. The Morgan fingerprint density at radius 2 is 2.06 bits per heavy atom. The number of halogens is 1. The Kier molecular flexibility index (Phi) is 4.31. The summed E-state index contributed by atoms with van der Waals surface area (Å²) in [5.74, 6) is 0.00975. The van der Waals surface area contributed by atoms with E-state index in [0.717, 1.165) is 32.5 Å². The Hall–Kier alpha value is -1.42. The molecule has 1 N–H and O–H groups in total. The van der Waals surface area contributed by atoms with Crippen LogP contribution in [0.5, 0.6) is 0 Å². The largest absolute Gasteiger partial charge is 0.339 e. The summed E-state index contributed by atoms with van der Waals surface area (Å²) in [6, 6.07) is 6.19. The fraction of sp³-hybridized carbons (Fsp3) is 0.500. The zero-order chi connectivity index (χ0) is 13.0. The van der Waals surface area contributed by atoms with Crippen LogP contribution in [0.15, 0.2) is 24.3 Å². The van der Waals surface area contributed by atoms with Gasteiger partial charge in [0.05, 0.1) is 5.56 Å². The maximum Gasteiger partial charge on any atom is 0.256 e. The molecule has 1 saturated heterocycles. The second kappa shape index (κ2) is 5.96. The predicted molar refractivity (Wildman–Crippen MR) is 69.0 cm³/mol. The zero-order valence-corrected chi connectivity index (χ0v) is 10.7. The van der Waals surface area contributed by atoms with Crippen LogP contribution in [0.2, 0.25) is 0 Å². The van der Waals surface area contributed by atoms with Gasteiger partial charge in [0.2, 0.25) is 0 Å². The number of carbonyl (C=O) groups excluding carboxylic acids is 1. The van der Waals surface area contributed by atoms with Crippen molar-refractivity contribution >= 4 is 5.91 Å². The molecular weight excluding hydrogens is 231 g/mol. The van der Waals surface area contributed by atoms with Crippen LogP contribution in [0.3, 0.4) is 0 Å². The molecule has 1 amide bonds. The lowest BCUT2D eigenvalue weighted by Gasteiger charge is -2.32. The number of carbonyl (C=O) groups is 1. The topological polar surface area (TPSA) is 32.3 Å². The van der Waals surface area contributed by atoms with Crippen molar-refractivity contribution in [1.29, 1.82) is 0 Å². The molecule has 1 aliphatic heterocycles. The summed E-state index contributed by atoms with van der Waals surface area (Å²) in [6.45, 7) is 2.43. The number of piperidine rings is 1. The van der Waals surface area contributed by atoms with E-state index in [1.807, 2.05) is 7.05 Å². The number of hydrogen-bond donors (Lipinski definition) is 1. The van der Waals surface area contributed by atoms with E-state index >= 15 is 0 Å². The van der Waals surface area contributed by atoms with Gasteiger partial charge in [0.15, 0.2) is 0 Å². The van der Waals surface area contributed by atoms with Crippen molar-refractivity contribution in [3.8, 4) is 0 Å². The maximum absolute atomic E-state index is 13.5. The first-order valence-corrected chi connectivity index (χ1v) is 6.40. The number of benzene rings is 1. The van der Waals surface area contributed by atoms with Gasteiger partial charge in [0.25, 0.3) is 5.91 Å². The third-order valence-corrected chi connectivity index (χ3v) is 3.50. The Bertz CT molecular complexity index is 414. The molecule has 0 unspecified atom stereocenters. The van der Waals surface area contributed by atoms with E-state index in [1.54, 1.807) is 23.1 Å². The first-order chi connectivity index (χ1) is 8.72. The van der Waals surface area contributed by atoms with Gasteiger partial charge in [-0.25, -0.2) is 4.39 Å². The lowest BCUT2D eigenvalue weighted by Crippen LogP contribution is -2.40. The average Bonchev–Trinajstić information content (AvgIpc) is 2.40. The van der Waals surface area contributed by atoms with Gasteiger partial charge in [0.1, 0.15) is 5.82 Å². The molecular formula is C14H19FN2O. The highest BCUT2D eigenvalue weighted by Gasteiger charge is 2.24. The van der Waals surface area contributed by atoms with E-state index in [1.165, 1.54) is 6.07 Å². The van der Waals surface area contributed by atoms with Crippen molar-refractivity contribution in [2.75, 3.05) is 26.7 Å². The highest BCUT2D eigenvalue weighted by molar-refractivity contribution is 5.94. The van der Waals surface area contributed by atoms with Crippen molar-refractivity contribution in [3.05, 3.63) is 35.6 Å². The van der Waals surface area contributed by atoms with Gasteiger partial charge < -0.3 is 10.2 Å². The first-order valence-electron chi connectivity index (χ1n) is 6.40. The molecule has 0 aliphatic carbocycles. The molecule has 2 rings (SSSR count). The van der Waals surface area contributed by atoms with Crippen molar-refractivity contribution in [2.45, 2.75) is 12.8 Å². The summed E-state index contributed by atoms with van der Waals surface area (Å²) < 4.78 is 13.5. The Morgan fingerprint density at radius 1 is 1.39 bits per heavy atom. The quantitative estimate of drug-likeness (QED) is 0.888. The smallest absolute Gasteiger partial charge is 0.256 e. The molecule has 0 saturated carbocycles. The maximum atomic E-state index is 13.5. The SMILES string of the molecule is CNCC1CCN(C(=O)c2ccccc2F)CC1. The molecule has 1 fully saturated rings. The van der Waals surface area contributed by atoms with Gasteiger partial charge in [0, 0.05) is 13.1 Å². The molecule has 0 spiro atoms. The molecule has 1 aromatic rings. The number of nitrogens with one attached hydrogen (secondary N) is 1. The van der Waals surface area contributed by atoms with Gasteiger partial charge in [-0.2, -0.15) is 0 Å². The minimum absolute atomic E-state index is 0.184. The van der Waals surface area contributed by atoms with E-state index in [9.17, 15) is 9.18 Å². The summed E-state index contributed by atoms with van der Waals surface area (Å²) in [6.07, 6.45) is 1.97. The molecule has 1 heterocycles. The minimum Gasteiger partial charge on any atom is -0.339 e. The van der Waals surface area contributed by atoms with Crippen LogP contribution in [0, 0.1) is 11.7 Å². The summed E-state index contributed by atoms with van der Waals surface area (Å²) in [7, 11) is 1.94. The van der Waals surface area contributed by atoms with Gasteiger partial charge in [-0.1, -0.05) is 12.1 Å². The van der Waals surface area contributed by atoms with Crippen molar-refractivity contribution in [1.82, 2.24) is 10.2 Å². The molecule has 4 heteroatoms. The van der Waals surface area contributed by atoms with Gasteiger partial charge in [-0.05, 0) is 44.5 Å². The number of hydrogen-bond acceptors (Lipinski definition) is 2. The lowest BCUT2D eigenvalue weighted by atomic mass is 9.96. The molecule has 0 bridgehead atoms. The van der Waals surface area contributed by atoms with Crippen molar-refractivity contribution in [2.24, 2.45) is 5.92 Å². The number of rotatable bonds is 3. The van der Waals surface area contributed by atoms with Crippen LogP contribution in [0.25, 0.3) is 0 Å². The molecule has 18 heavy (non-hydrogen) atoms. The molecule has 3 nitrogen and oxygen atoms in total. The summed E-state index contributed by atoms with van der Waals surface area (Å²) >= 11 is 0. The van der Waals surface area contributed by atoms with Crippen molar-refractivity contribution < 1.29 is 9.18 Å². The monoisotopic (exact) mass is 250 g/mol. The van der Waals surface area contributed by atoms with Crippen LogP contribution >= 0.6 is 0 Å². The Labute approximate surface area is 107 Å². The van der Waals surface area contributed by atoms with Crippen LogP contribution < -0.4 is 5.32 Å². The van der Waals surface area contributed by atoms with Gasteiger partial charge in [-0.15, -0.1) is 0 Å². The summed E-state index contributed by atoms with van der Waals surface area (Å²) in [5, 5.41) is 3.16. The zero-order valence-electron chi connectivity index (χ0n) is 10.7. The summed E-state index contributed by atoms with van der Waals surface area (Å²) in [5.41, 5.74) is 0.185.